The summed E-state index contributed by atoms with van der Waals surface area (Å²) in [5, 5.41) is 11.8. The number of hydrogen-bond acceptors (Lipinski definition) is 4. The first-order valence-electron chi connectivity index (χ1n) is 4.19. The molecular formula is C10H10N4. The molecule has 1 aromatic rings. The van der Waals surface area contributed by atoms with Crippen molar-refractivity contribution in [3.8, 4) is 18.4 Å². The fourth-order valence-electron chi connectivity index (χ4n) is 0.987. The molecule has 0 fully saturated rings. The average molecular weight is 186 g/mol. The highest BCUT2D eigenvalue weighted by molar-refractivity contribution is 5.47. The minimum absolute atomic E-state index is 0.0869. The van der Waals surface area contributed by atoms with Crippen LogP contribution in [-0.2, 0) is 0 Å². The molecule has 0 bridgehead atoms. The second-order valence-electron chi connectivity index (χ2n) is 2.82. The molecule has 1 aromatic heterocycles. The van der Waals surface area contributed by atoms with E-state index >= 15 is 0 Å². The summed E-state index contributed by atoms with van der Waals surface area (Å²) in [4.78, 5) is 7.88. The Bertz CT molecular complexity index is 386. The summed E-state index contributed by atoms with van der Waals surface area (Å²) in [6, 6.07) is 2.04. The molecule has 14 heavy (non-hydrogen) atoms. The van der Waals surface area contributed by atoms with E-state index in [9.17, 15) is 0 Å². The van der Waals surface area contributed by atoms with E-state index in [4.69, 9.17) is 11.7 Å². The molecule has 0 aliphatic heterocycles. The zero-order valence-corrected chi connectivity index (χ0v) is 7.86. The van der Waals surface area contributed by atoms with Gasteiger partial charge in [-0.15, -0.1) is 12.3 Å². The zero-order valence-electron chi connectivity index (χ0n) is 7.86. The predicted octanol–water partition coefficient (Wildman–Crippen LogP) is 1.17. The maximum absolute atomic E-state index is 8.73. The van der Waals surface area contributed by atoms with E-state index < -0.39 is 0 Å². The molecule has 0 saturated carbocycles. The summed E-state index contributed by atoms with van der Waals surface area (Å²) in [5.41, 5.74) is 0.288. The first-order chi connectivity index (χ1) is 6.77. The summed E-state index contributed by atoms with van der Waals surface area (Å²) in [6.45, 7) is 1.93. The fraction of sp³-hybridized carbons (Fsp3) is 0.300. The number of terminal acetylenes is 1. The van der Waals surface area contributed by atoms with Crippen molar-refractivity contribution in [2.24, 2.45) is 0 Å². The van der Waals surface area contributed by atoms with Crippen LogP contribution in [0.1, 0.15) is 19.0 Å². The first-order valence-corrected chi connectivity index (χ1v) is 4.19. The summed E-state index contributed by atoms with van der Waals surface area (Å²) in [7, 11) is 0. The van der Waals surface area contributed by atoms with Gasteiger partial charge in [-0.25, -0.2) is 9.97 Å². The smallest absolute Gasteiger partial charge is 0.182 e. The molecule has 0 aromatic carbocycles. The highest BCUT2D eigenvalue weighted by atomic mass is 15.0. The summed E-state index contributed by atoms with van der Waals surface area (Å²) in [5.74, 6) is 3.02. The van der Waals surface area contributed by atoms with E-state index in [1.165, 1.54) is 12.4 Å². The standard InChI is InChI=1S/C10H10N4/c1-3-4-8(2)14-10-9(7-11)12-5-6-13-10/h1,5-6,8H,4H2,2H3,(H,13,14). The summed E-state index contributed by atoms with van der Waals surface area (Å²) in [6.07, 6.45) is 8.76. The van der Waals surface area contributed by atoms with Crippen LogP contribution >= 0.6 is 0 Å². The molecule has 0 radical (unpaired) electrons. The van der Waals surface area contributed by atoms with Crippen LogP contribution in [0.5, 0.6) is 0 Å². The van der Waals surface area contributed by atoms with Crippen molar-refractivity contribution < 1.29 is 0 Å². The lowest BCUT2D eigenvalue weighted by atomic mass is 10.2. The molecule has 1 heterocycles. The fourth-order valence-corrected chi connectivity index (χ4v) is 0.987. The van der Waals surface area contributed by atoms with E-state index in [0.29, 0.717) is 12.2 Å². The van der Waals surface area contributed by atoms with E-state index in [2.05, 4.69) is 21.2 Å². The number of nitrogens with zero attached hydrogens (tertiary/aromatic N) is 3. The van der Waals surface area contributed by atoms with Crippen molar-refractivity contribution in [2.75, 3.05) is 5.32 Å². The number of hydrogen-bond donors (Lipinski definition) is 1. The third-order valence-electron chi connectivity index (χ3n) is 1.61. The molecule has 1 rings (SSSR count). The maximum Gasteiger partial charge on any atom is 0.182 e. The first kappa shape index (κ1) is 10.0. The van der Waals surface area contributed by atoms with Crippen LogP contribution in [0.4, 0.5) is 5.82 Å². The Morgan fingerprint density at radius 1 is 1.57 bits per heavy atom. The van der Waals surface area contributed by atoms with Gasteiger partial charge in [-0.1, -0.05) is 0 Å². The summed E-state index contributed by atoms with van der Waals surface area (Å²) >= 11 is 0. The van der Waals surface area contributed by atoms with Gasteiger partial charge in [0.15, 0.2) is 11.5 Å². The van der Waals surface area contributed by atoms with Crippen molar-refractivity contribution in [3.63, 3.8) is 0 Å². The normalized spacial score (nSPS) is 11.1. The average Bonchev–Trinajstić information content (AvgIpc) is 2.19. The van der Waals surface area contributed by atoms with Crippen LogP contribution in [0.3, 0.4) is 0 Å². The third-order valence-corrected chi connectivity index (χ3v) is 1.61. The second kappa shape index (κ2) is 4.84. The van der Waals surface area contributed by atoms with Crippen molar-refractivity contribution in [1.29, 1.82) is 5.26 Å². The van der Waals surface area contributed by atoms with Gasteiger partial charge < -0.3 is 5.32 Å². The van der Waals surface area contributed by atoms with Crippen molar-refractivity contribution in [3.05, 3.63) is 18.1 Å². The topological polar surface area (TPSA) is 61.6 Å². The Hall–Kier alpha value is -2.07. The molecule has 0 saturated heterocycles. The Morgan fingerprint density at radius 3 is 2.93 bits per heavy atom. The molecule has 1 unspecified atom stereocenters. The Balaban J connectivity index is 2.77. The van der Waals surface area contributed by atoms with Gasteiger partial charge in [0.2, 0.25) is 0 Å². The molecule has 0 aliphatic rings. The quantitative estimate of drug-likeness (QED) is 0.720. The number of nitriles is 1. The lowest BCUT2D eigenvalue weighted by Crippen LogP contribution is -2.16. The van der Waals surface area contributed by atoms with Gasteiger partial charge in [-0.2, -0.15) is 5.26 Å². The Labute approximate surface area is 83.0 Å². The second-order valence-corrected chi connectivity index (χ2v) is 2.82. The minimum atomic E-state index is 0.0869. The van der Waals surface area contributed by atoms with Gasteiger partial charge in [0.05, 0.1) is 0 Å². The van der Waals surface area contributed by atoms with E-state index in [1.807, 2.05) is 13.0 Å². The highest BCUT2D eigenvalue weighted by Gasteiger charge is 2.06. The van der Waals surface area contributed by atoms with Crippen LogP contribution in [0.15, 0.2) is 12.4 Å². The zero-order chi connectivity index (χ0) is 10.4. The highest BCUT2D eigenvalue weighted by Crippen LogP contribution is 2.08. The molecule has 0 amide bonds. The molecule has 4 heteroatoms. The van der Waals surface area contributed by atoms with Gasteiger partial charge in [0.25, 0.3) is 0 Å². The van der Waals surface area contributed by atoms with Gasteiger partial charge in [0, 0.05) is 24.9 Å². The number of nitrogens with one attached hydrogen (secondary N) is 1. The van der Waals surface area contributed by atoms with Crippen LogP contribution < -0.4 is 5.32 Å². The maximum atomic E-state index is 8.73. The minimum Gasteiger partial charge on any atom is -0.364 e. The Morgan fingerprint density at radius 2 is 2.29 bits per heavy atom. The Kier molecular flexibility index (Phi) is 3.46. The molecule has 1 N–H and O–H groups in total. The van der Waals surface area contributed by atoms with Gasteiger partial charge in [-0.05, 0) is 6.92 Å². The predicted molar refractivity (Wildman–Crippen MR) is 53.3 cm³/mol. The molecule has 0 aliphatic carbocycles. The molecule has 4 nitrogen and oxygen atoms in total. The number of rotatable bonds is 3. The van der Waals surface area contributed by atoms with Crippen LogP contribution in [-0.4, -0.2) is 16.0 Å². The van der Waals surface area contributed by atoms with Crippen molar-refractivity contribution >= 4 is 5.82 Å². The number of aromatic nitrogens is 2. The summed E-state index contributed by atoms with van der Waals surface area (Å²) < 4.78 is 0. The lowest BCUT2D eigenvalue weighted by molar-refractivity contribution is 0.818. The van der Waals surface area contributed by atoms with Crippen LogP contribution in [0, 0.1) is 23.7 Å². The van der Waals surface area contributed by atoms with Gasteiger partial charge >= 0.3 is 0 Å². The van der Waals surface area contributed by atoms with Crippen LogP contribution in [0.25, 0.3) is 0 Å². The van der Waals surface area contributed by atoms with E-state index in [-0.39, 0.29) is 11.7 Å². The molecule has 1 atom stereocenters. The van der Waals surface area contributed by atoms with Crippen molar-refractivity contribution in [2.45, 2.75) is 19.4 Å². The lowest BCUT2D eigenvalue weighted by Gasteiger charge is -2.11. The third kappa shape index (κ3) is 2.46. The van der Waals surface area contributed by atoms with E-state index in [0.717, 1.165) is 0 Å². The molecule has 0 spiro atoms. The molecular weight excluding hydrogens is 176 g/mol. The largest absolute Gasteiger partial charge is 0.364 e. The monoisotopic (exact) mass is 186 g/mol. The SMILES string of the molecule is C#CCC(C)Nc1nccnc1C#N. The van der Waals surface area contributed by atoms with Gasteiger partial charge in [-0.3, -0.25) is 0 Å². The number of anilines is 1. The molecule has 70 valence electrons. The van der Waals surface area contributed by atoms with Crippen LogP contribution in [0.2, 0.25) is 0 Å². The van der Waals surface area contributed by atoms with Gasteiger partial charge in [0.1, 0.15) is 6.07 Å². The van der Waals surface area contributed by atoms with Crippen molar-refractivity contribution in [1.82, 2.24) is 9.97 Å². The van der Waals surface area contributed by atoms with E-state index in [1.54, 1.807) is 0 Å².